The van der Waals surface area contributed by atoms with Crippen LogP contribution in [-0.2, 0) is 14.3 Å². The van der Waals surface area contributed by atoms with Gasteiger partial charge in [-0.3, -0.25) is 9.89 Å². The summed E-state index contributed by atoms with van der Waals surface area (Å²) in [4.78, 5) is 14.3. The van der Waals surface area contributed by atoms with Crippen LogP contribution in [0.25, 0.3) is 0 Å². The van der Waals surface area contributed by atoms with E-state index in [9.17, 15) is 4.79 Å². The molecular weight excluding hydrogens is 432 g/mol. The van der Waals surface area contributed by atoms with Crippen LogP contribution in [0.15, 0.2) is 18.3 Å². The molecule has 1 aromatic rings. The van der Waals surface area contributed by atoms with Gasteiger partial charge >= 0.3 is 0 Å². The molecule has 192 valence electrons. The van der Waals surface area contributed by atoms with E-state index >= 15 is 0 Å². The Bertz CT molecular complexity index is 758. The molecule has 0 atom stereocenters. The number of likely N-dealkylation sites (N-methyl/N-ethyl adjacent to an activating group) is 1. The molecule has 9 heteroatoms. The van der Waals surface area contributed by atoms with Crippen molar-refractivity contribution in [3.8, 4) is 11.8 Å². The number of amides is 1. The van der Waals surface area contributed by atoms with Crippen molar-refractivity contribution >= 4 is 11.7 Å². The van der Waals surface area contributed by atoms with Gasteiger partial charge in [-0.1, -0.05) is 24.8 Å². The Labute approximate surface area is 205 Å². The lowest BCUT2D eigenvalue weighted by Gasteiger charge is -2.35. The summed E-state index contributed by atoms with van der Waals surface area (Å²) < 4.78 is 10.7. The van der Waals surface area contributed by atoms with Crippen LogP contribution in [0.2, 0.25) is 0 Å². The summed E-state index contributed by atoms with van der Waals surface area (Å²) in [6.45, 7) is 6.19. The Hall–Kier alpha value is -2.38. The first-order chi connectivity index (χ1) is 16.5. The minimum absolute atomic E-state index is 0.0960. The summed E-state index contributed by atoms with van der Waals surface area (Å²) in [6.07, 6.45) is 9.42. The van der Waals surface area contributed by atoms with Crippen LogP contribution in [0, 0.1) is 11.8 Å². The van der Waals surface area contributed by atoms with Crippen molar-refractivity contribution in [2.45, 2.75) is 44.6 Å². The summed E-state index contributed by atoms with van der Waals surface area (Å²) in [7, 11) is 7.32. The van der Waals surface area contributed by atoms with Gasteiger partial charge in [0.05, 0.1) is 11.8 Å². The number of hydrogen-bond donors (Lipinski definition) is 4. The first-order valence-corrected chi connectivity index (χ1v) is 12.0. The molecule has 0 saturated carbocycles. The van der Waals surface area contributed by atoms with Crippen LogP contribution in [0.5, 0.6) is 0 Å². The van der Waals surface area contributed by atoms with Crippen molar-refractivity contribution in [1.82, 2.24) is 25.7 Å². The summed E-state index contributed by atoms with van der Waals surface area (Å²) in [6, 6.07) is 0. The summed E-state index contributed by atoms with van der Waals surface area (Å²) in [5.41, 5.74) is 0.577. The highest BCUT2D eigenvalue weighted by molar-refractivity contribution is 5.87. The van der Waals surface area contributed by atoms with E-state index in [0.29, 0.717) is 19.8 Å². The van der Waals surface area contributed by atoms with E-state index in [1.165, 1.54) is 0 Å². The third kappa shape index (κ3) is 12.8. The Morgan fingerprint density at radius 2 is 1.97 bits per heavy atom. The van der Waals surface area contributed by atoms with Gasteiger partial charge in [0.1, 0.15) is 5.82 Å². The average molecular weight is 477 g/mol. The van der Waals surface area contributed by atoms with Crippen LogP contribution < -0.4 is 16.0 Å². The van der Waals surface area contributed by atoms with Gasteiger partial charge in [0, 0.05) is 65.1 Å². The molecule has 0 aliphatic rings. The molecule has 0 aliphatic heterocycles. The van der Waals surface area contributed by atoms with Gasteiger partial charge in [-0.05, 0) is 46.3 Å². The average Bonchev–Trinajstić information content (AvgIpc) is 3.27. The molecule has 1 amide bonds. The lowest BCUT2D eigenvalue weighted by molar-refractivity contribution is -0.117. The third-order valence-corrected chi connectivity index (χ3v) is 5.30. The van der Waals surface area contributed by atoms with Crippen LogP contribution >= 0.6 is 0 Å². The van der Waals surface area contributed by atoms with E-state index in [4.69, 9.17) is 9.47 Å². The zero-order valence-corrected chi connectivity index (χ0v) is 21.6. The summed E-state index contributed by atoms with van der Waals surface area (Å²) in [5, 5.41) is 17.0. The summed E-state index contributed by atoms with van der Waals surface area (Å²) >= 11 is 0. The Kier molecular flexibility index (Phi) is 15.7. The molecule has 0 bridgehead atoms. The number of anilines is 1. The number of unbranched alkanes of at least 4 members (excludes halogenated alkanes) is 1. The fourth-order valence-corrected chi connectivity index (χ4v) is 3.28. The Morgan fingerprint density at radius 1 is 1.24 bits per heavy atom. The second kappa shape index (κ2) is 18.0. The molecule has 1 aromatic heterocycles. The number of aromatic nitrogens is 2. The molecule has 0 unspecified atom stereocenters. The quantitative estimate of drug-likeness (QED) is 0.146. The van der Waals surface area contributed by atoms with E-state index in [1.54, 1.807) is 26.5 Å². The molecule has 0 aliphatic carbocycles. The first-order valence-electron chi connectivity index (χ1n) is 12.0. The van der Waals surface area contributed by atoms with Crippen LogP contribution in [0.4, 0.5) is 5.82 Å². The van der Waals surface area contributed by atoms with Gasteiger partial charge in [0.2, 0.25) is 5.91 Å². The topological polar surface area (TPSA) is 104 Å². The number of hydrogen-bond acceptors (Lipinski definition) is 7. The zero-order chi connectivity index (χ0) is 25.1. The maximum atomic E-state index is 12.3. The first kappa shape index (κ1) is 29.7. The van der Waals surface area contributed by atoms with Gasteiger partial charge in [-0.15, -0.1) is 0 Å². The zero-order valence-electron chi connectivity index (χ0n) is 21.6. The third-order valence-electron chi connectivity index (χ3n) is 5.30. The van der Waals surface area contributed by atoms with Crippen molar-refractivity contribution in [3.05, 3.63) is 23.9 Å². The van der Waals surface area contributed by atoms with Gasteiger partial charge in [0.25, 0.3) is 0 Å². The molecule has 0 fully saturated rings. The van der Waals surface area contributed by atoms with Gasteiger partial charge < -0.3 is 30.3 Å². The molecule has 1 rings (SSSR count). The molecule has 4 N–H and O–H groups in total. The number of H-pyrrole nitrogens is 1. The highest BCUT2D eigenvalue weighted by Gasteiger charge is 2.29. The Balaban J connectivity index is 2.65. The molecule has 0 saturated heterocycles. The number of ether oxygens (including phenoxy) is 2. The van der Waals surface area contributed by atoms with Crippen molar-refractivity contribution in [3.63, 3.8) is 0 Å². The van der Waals surface area contributed by atoms with Crippen LogP contribution in [-0.4, -0.2) is 94.3 Å². The standard InChI is InChI=1S/C25H44N6O3/c1-6-15-26-24-22(20-29-30-24)11-8-7-9-16-28-25(13-18-33-4,14-19-34-5)21-27-23(32)12-10-17-31(2)3/h10,12,20,28H,6-7,9,13-19,21H2,1-5H3,(H,27,32)(H2,26,29,30)/b12-10+. The Morgan fingerprint density at radius 3 is 2.62 bits per heavy atom. The number of nitrogens with zero attached hydrogens (tertiary/aromatic N) is 2. The monoisotopic (exact) mass is 476 g/mol. The van der Waals surface area contributed by atoms with E-state index in [1.807, 2.05) is 25.1 Å². The molecule has 0 spiro atoms. The smallest absolute Gasteiger partial charge is 0.243 e. The minimum Gasteiger partial charge on any atom is -0.385 e. The van der Waals surface area contributed by atoms with Gasteiger partial charge in [0.15, 0.2) is 0 Å². The van der Waals surface area contributed by atoms with Crippen LogP contribution in [0.3, 0.4) is 0 Å². The number of methoxy groups -OCH3 is 2. The predicted molar refractivity (Wildman–Crippen MR) is 138 cm³/mol. The number of rotatable bonds is 18. The highest BCUT2D eigenvalue weighted by atomic mass is 16.5. The molecule has 9 nitrogen and oxygen atoms in total. The second-order valence-electron chi connectivity index (χ2n) is 8.57. The fraction of sp³-hybridized carbons (Fsp3) is 0.680. The fourth-order valence-electron chi connectivity index (χ4n) is 3.28. The van der Waals surface area contributed by atoms with E-state index < -0.39 is 0 Å². The van der Waals surface area contributed by atoms with Crippen LogP contribution in [0.1, 0.15) is 44.6 Å². The molecule has 0 aromatic carbocycles. The normalized spacial score (nSPS) is 11.6. The second-order valence-corrected chi connectivity index (χ2v) is 8.57. The molecule has 34 heavy (non-hydrogen) atoms. The van der Waals surface area contributed by atoms with E-state index in [0.717, 1.165) is 63.1 Å². The van der Waals surface area contributed by atoms with E-state index in [-0.39, 0.29) is 11.4 Å². The number of aromatic amines is 1. The maximum absolute atomic E-state index is 12.3. The maximum Gasteiger partial charge on any atom is 0.243 e. The lowest BCUT2D eigenvalue weighted by Crippen LogP contribution is -2.55. The van der Waals surface area contributed by atoms with Crippen molar-refractivity contribution in [2.75, 3.05) is 73.0 Å². The van der Waals surface area contributed by atoms with Crippen molar-refractivity contribution < 1.29 is 14.3 Å². The lowest BCUT2D eigenvalue weighted by atomic mass is 9.91. The highest BCUT2D eigenvalue weighted by Crippen LogP contribution is 2.16. The van der Waals surface area contributed by atoms with Gasteiger partial charge in [-0.2, -0.15) is 5.10 Å². The van der Waals surface area contributed by atoms with E-state index in [2.05, 4.69) is 44.9 Å². The van der Waals surface area contributed by atoms with Gasteiger partial charge in [-0.25, -0.2) is 0 Å². The molecular formula is C25H44N6O3. The number of carbonyl (C=O) groups excluding carboxylic acids is 1. The molecule has 1 heterocycles. The molecule has 0 radical (unpaired) electrons. The SMILES string of the molecule is CCCNc1[nH]ncc1C#CCCCNC(CCOC)(CCOC)CNC(=O)/C=C/CN(C)C. The van der Waals surface area contributed by atoms with Crippen molar-refractivity contribution in [1.29, 1.82) is 0 Å². The number of carbonyl (C=O) groups is 1. The number of nitrogens with one attached hydrogen (secondary N) is 4. The largest absolute Gasteiger partial charge is 0.385 e. The predicted octanol–water partition coefficient (Wildman–Crippen LogP) is 2.00. The van der Waals surface area contributed by atoms with Crippen molar-refractivity contribution in [2.24, 2.45) is 0 Å². The summed E-state index contributed by atoms with van der Waals surface area (Å²) in [5.74, 6) is 7.21. The minimum atomic E-state index is -0.313.